The highest BCUT2D eigenvalue weighted by Gasteiger charge is 2.38. The Morgan fingerprint density at radius 2 is 1.27 bits per heavy atom. The van der Waals surface area contributed by atoms with Crippen LogP contribution in [0.4, 0.5) is 0 Å². The first-order valence-corrected chi connectivity index (χ1v) is 15.4. The topological polar surface area (TPSA) is 77.8 Å². The zero-order valence-electron chi connectivity index (χ0n) is 28.3. The van der Waals surface area contributed by atoms with Crippen LogP contribution in [0.1, 0.15) is 82.1 Å². The van der Waals surface area contributed by atoms with E-state index < -0.39 is 18.3 Å². The number of hydrogen-bond donors (Lipinski definition) is 3. The molecule has 4 heteroatoms. The minimum absolute atomic E-state index is 0.187. The van der Waals surface area contributed by atoms with Crippen molar-refractivity contribution >= 4 is 5.78 Å². The molecule has 0 aromatic rings. The summed E-state index contributed by atoms with van der Waals surface area (Å²) in [5, 5.41) is 30.4. The van der Waals surface area contributed by atoms with Crippen molar-refractivity contribution in [1.29, 1.82) is 0 Å². The molecule has 2 rings (SSSR count). The van der Waals surface area contributed by atoms with Gasteiger partial charge in [-0.15, -0.1) is 0 Å². The fourth-order valence-electron chi connectivity index (χ4n) is 5.60. The van der Waals surface area contributed by atoms with Crippen LogP contribution in [-0.4, -0.2) is 39.4 Å². The van der Waals surface area contributed by atoms with Gasteiger partial charge in [0.25, 0.3) is 0 Å². The van der Waals surface area contributed by atoms with Crippen molar-refractivity contribution in [2.75, 3.05) is 0 Å². The van der Waals surface area contributed by atoms with Gasteiger partial charge >= 0.3 is 0 Å². The van der Waals surface area contributed by atoms with E-state index in [0.717, 1.165) is 39.0 Å². The number of carbonyl (C=O) groups excluding carboxylic acids is 1. The van der Waals surface area contributed by atoms with Gasteiger partial charge in [0, 0.05) is 16.6 Å². The molecule has 0 spiro atoms. The van der Waals surface area contributed by atoms with Gasteiger partial charge in [-0.05, 0) is 76.5 Å². The zero-order valence-corrected chi connectivity index (χ0v) is 28.3. The summed E-state index contributed by atoms with van der Waals surface area (Å²) in [4.78, 5) is 12.2. The molecule has 0 radical (unpaired) electrons. The van der Waals surface area contributed by atoms with Gasteiger partial charge in [0.1, 0.15) is 12.2 Å². The van der Waals surface area contributed by atoms with Crippen LogP contribution in [0.15, 0.2) is 117 Å². The van der Waals surface area contributed by atoms with Crippen LogP contribution in [0.25, 0.3) is 0 Å². The smallest absolute Gasteiger partial charge is 0.187 e. The number of rotatable bonds is 8. The maximum absolute atomic E-state index is 12.2. The molecule has 0 amide bonds. The lowest BCUT2D eigenvalue weighted by atomic mass is 9.70. The largest absolute Gasteiger partial charge is 0.390 e. The summed E-state index contributed by atoms with van der Waals surface area (Å²) in [5.41, 5.74) is 6.99. The van der Waals surface area contributed by atoms with E-state index in [-0.39, 0.29) is 16.6 Å². The molecule has 236 valence electrons. The molecule has 0 aromatic heterocycles. The van der Waals surface area contributed by atoms with Crippen LogP contribution in [0, 0.1) is 22.7 Å². The molecule has 0 bridgehead atoms. The normalized spacial score (nSPS) is 25.7. The van der Waals surface area contributed by atoms with E-state index in [0.29, 0.717) is 18.4 Å². The molecule has 0 saturated heterocycles. The van der Waals surface area contributed by atoms with Crippen molar-refractivity contribution in [2.45, 2.75) is 100 Å². The second-order valence-corrected chi connectivity index (χ2v) is 13.4. The summed E-state index contributed by atoms with van der Waals surface area (Å²) >= 11 is 0. The molecular weight excluding hydrogens is 544 g/mol. The molecule has 2 aliphatic rings. The van der Waals surface area contributed by atoms with Crippen molar-refractivity contribution in [1.82, 2.24) is 0 Å². The Morgan fingerprint density at radius 3 is 1.86 bits per heavy atom. The maximum Gasteiger partial charge on any atom is 0.187 e. The second-order valence-electron chi connectivity index (χ2n) is 13.4. The first-order valence-electron chi connectivity index (χ1n) is 15.4. The summed E-state index contributed by atoms with van der Waals surface area (Å²) < 4.78 is 0. The lowest BCUT2D eigenvalue weighted by Crippen LogP contribution is -2.38. The van der Waals surface area contributed by atoms with Crippen molar-refractivity contribution in [3.63, 3.8) is 0 Å². The lowest BCUT2D eigenvalue weighted by molar-refractivity contribution is -0.125. The predicted octanol–water partition coefficient (Wildman–Crippen LogP) is 8.14. The van der Waals surface area contributed by atoms with Gasteiger partial charge in [0.15, 0.2) is 5.78 Å². The number of carbonyl (C=O) groups is 1. The fraction of sp³-hybridized carbons (Fsp3) is 0.425. The Hall–Kier alpha value is -3.49. The molecule has 0 saturated carbocycles. The van der Waals surface area contributed by atoms with Gasteiger partial charge in [0.2, 0.25) is 0 Å². The number of ketones is 1. The standard InChI is InChI=1S/C40H52O4/c1-27(17-13-19-29(3)21-23-33-31(5)37(43)35(41)25-39(33,7)8)15-11-12-16-28(2)18-14-20-30(4)22-24-34-32(6)38(44)36(42)26-40(34,9)10/h11-21,23,35-37,41-43H,25-26H2,1-10H3/b12-11+,17-13+,18-14+,23-21+,27-15+,28-16+,29-19+,30-20+/t35-,36-,37-/m0/s1. The molecule has 3 atom stereocenters. The summed E-state index contributed by atoms with van der Waals surface area (Å²) in [6, 6.07) is 0. The first-order chi connectivity index (χ1) is 20.5. The third-order valence-electron chi connectivity index (χ3n) is 8.26. The van der Waals surface area contributed by atoms with Crippen LogP contribution < -0.4 is 0 Å². The molecule has 0 fully saturated rings. The zero-order chi connectivity index (χ0) is 33.2. The SMILES string of the molecule is CC1=C(C#C/C(C)=C/C=C/C(C)=C/C=C/C=C(C)/C=C/C=C(C)/C=C/C2=C(C)[C@H](O)[C@@H](O)CC2(C)C)C(C)(C)C[C@H](O)C1=O. The maximum atomic E-state index is 12.2. The van der Waals surface area contributed by atoms with E-state index in [2.05, 4.69) is 63.0 Å². The summed E-state index contributed by atoms with van der Waals surface area (Å²) in [5.74, 6) is 6.12. The number of aliphatic hydroxyl groups excluding tert-OH is 3. The van der Waals surface area contributed by atoms with Crippen molar-refractivity contribution in [3.8, 4) is 11.8 Å². The van der Waals surface area contributed by atoms with Gasteiger partial charge in [-0.2, -0.15) is 0 Å². The molecule has 44 heavy (non-hydrogen) atoms. The summed E-state index contributed by atoms with van der Waals surface area (Å²) in [6.07, 6.45) is 22.8. The third kappa shape index (κ3) is 10.6. The molecule has 3 N–H and O–H groups in total. The predicted molar refractivity (Wildman–Crippen MR) is 185 cm³/mol. The Bertz CT molecular complexity index is 1460. The number of aliphatic hydroxyl groups is 3. The molecular formula is C40H52O4. The average molecular weight is 597 g/mol. The van der Waals surface area contributed by atoms with Crippen LogP contribution in [0.5, 0.6) is 0 Å². The number of allylic oxidation sites excluding steroid dienone is 18. The Labute approximate surface area is 266 Å². The van der Waals surface area contributed by atoms with E-state index in [9.17, 15) is 20.1 Å². The molecule has 0 aliphatic heterocycles. The van der Waals surface area contributed by atoms with Gasteiger partial charge in [-0.3, -0.25) is 4.79 Å². The molecule has 0 heterocycles. The Kier molecular flexibility index (Phi) is 13.3. The minimum atomic E-state index is -0.938. The molecule has 0 aromatic carbocycles. The molecule has 2 aliphatic carbocycles. The van der Waals surface area contributed by atoms with Gasteiger partial charge in [0.05, 0.1) is 6.10 Å². The van der Waals surface area contributed by atoms with Gasteiger partial charge in [-0.1, -0.05) is 129 Å². The van der Waals surface area contributed by atoms with E-state index in [1.54, 1.807) is 6.92 Å². The third-order valence-corrected chi connectivity index (χ3v) is 8.26. The second kappa shape index (κ2) is 16.0. The molecule has 4 nitrogen and oxygen atoms in total. The van der Waals surface area contributed by atoms with E-state index >= 15 is 0 Å². The van der Waals surface area contributed by atoms with E-state index in [1.165, 1.54) is 0 Å². The fourth-order valence-corrected chi connectivity index (χ4v) is 5.60. The lowest BCUT2D eigenvalue weighted by Gasteiger charge is -2.38. The number of hydrogen-bond acceptors (Lipinski definition) is 4. The minimum Gasteiger partial charge on any atom is -0.390 e. The van der Waals surface area contributed by atoms with Gasteiger partial charge in [-0.25, -0.2) is 0 Å². The Balaban J connectivity index is 1.96. The van der Waals surface area contributed by atoms with Crippen molar-refractivity contribution < 1.29 is 20.1 Å². The number of Topliss-reactive ketones (excluding diaryl/α,β-unsaturated/α-hetero) is 1. The van der Waals surface area contributed by atoms with Crippen LogP contribution in [-0.2, 0) is 4.79 Å². The first kappa shape index (κ1) is 36.7. The highest BCUT2D eigenvalue weighted by Crippen LogP contribution is 2.41. The van der Waals surface area contributed by atoms with Crippen LogP contribution in [0.3, 0.4) is 0 Å². The van der Waals surface area contributed by atoms with Crippen molar-refractivity contribution in [2.24, 2.45) is 10.8 Å². The van der Waals surface area contributed by atoms with E-state index in [4.69, 9.17) is 0 Å². The summed E-state index contributed by atoms with van der Waals surface area (Å²) in [6.45, 7) is 20.0. The van der Waals surface area contributed by atoms with Crippen LogP contribution >= 0.6 is 0 Å². The van der Waals surface area contributed by atoms with E-state index in [1.807, 2.05) is 84.1 Å². The average Bonchev–Trinajstić information content (AvgIpc) is 2.92. The van der Waals surface area contributed by atoms with Gasteiger partial charge < -0.3 is 15.3 Å². The monoisotopic (exact) mass is 596 g/mol. The van der Waals surface area contributed by atoms with Crippen molar-refractivity contribution in [3.05, 3.63) is 117 Å². The highest BCUT2D eigenvalue weighted by atomic mass is 16.3. The highest BCUT2D eigenvalue weighted by molar-refractivity contribution is 6.00. The quantitative estimate of drug-likeness (QED) is 0.195. The summed E-state index contributed by atoms with van der Waals surface area (Å²) in [7, 11) is 0. The molecule has 0 unspecified atom stereocenters. The Morgan fingerprint density at radius 1 is 0.750 bits per heavy atom. The van der Waals surface area contributed by atoms with Crippen LogP contribution in [0.2, 0.25) is 0 Å².